The molecule has 2 fully saturated rings. The van der Waals surface area contributed by atoms with Crippen LogP contribution in [-0.4, -0.2) is 36.8 Å². The van der Waals surface area contributed by atoms with Gasteiger partial charge in [-0.05, 0) is 43.2 Å². The number of hydrogen-bond acceptors (Lipinski definition) is 3. The van der Waals surface area contributed by atoms with Crippen molar-refractivity contribution in [2.24, 2.45) is 11.8 Å². The fraction of sp³-hybridized carbons (Fsp3) is 0.647. The third-order valence-electron chi connectivity index (χ3n) is 5.09. The van der Waals surface area contributed by atoms with Crippen molar-refractivity contribution in [2.75, 3.05) is 26.7 Å². The highest BCUT2D eigenvalue weighted by Gasteiger charge is 2.35. The zero-order chi connectivity index (χ0) is 14.8. The summed E-state index contributed by atoms with van der Waals surface area (Å²) in [5.41, 5.74) is 0.291. The van der Waals surface area contributed by atoms with Gasteiger partial charge in [0.25, 0.3) is 0 Å². The molecule has 1 aliphatic heterocycles. The molecule has 0 amide bonds. The first kappa shape index (κ1) is 14.8. The second kappa shape index (κ2) is 6.32. The number of halogens is 1. The largest absolute Gasteiger partial charge is 0.496 e. The van der Waals surface area contributed by atoms with E-state index in [0.717, 1.165) is 31.5 Å². The van der Waals surface area contributed by atoms with Crippen molar-refractivity contribution in [3.8, 4) is 5.75 Å². The van der Waals surface area contributed by atoms with Gasteiger partial charge in [0.1, 0.15) is 11.6 Å². The van der Waals surface area contributed by atoms with Gasteiger partial charge in [0.2, 0.25) is 0 Å². The van der Waals surface area contributed by atoms with Gasteiger partial charge in [0.05, 0.1) is 18.8 Å². The lowest BCUT2D eigenvalue weighted by molar-refractivity contribution is 0.139. The normalized spacial score (nSPS) is 26.8. The van der Waals surface area contributed by atoms with Crippen LogP contribution < -0.4 is 4.74 Å². The summed E-state index contributed by atoms with van der Waals surface area (Å²) < 4.78 is 19.1. The second-order valence-corrected chi connectivity index (χ2v) is 6.37. The summed E-state index contributed by atoms with van der Waals surface area (Å²) in [5.74, 6) is 1.75. The molecular formula is C17H24FNO2. The van der Waals surface area contributed by atoms with E-state index in [1.54, 1.807) is 12.1 Å². The van der Waals surface area contributed by atoms with Crippen LogP contribution >= 0.6 is 0 Å². The smallest absolute Gasteiger partial charge is 0.132 e. The van der Waals surface area contributed by atoms with Gasteiger partial charge < -0.3 is 14.7 Å². The average molecular weight is 293 g/mol. The number of aliphatic hydroxyl groups is 1. The molecule has 3 nitrogen and oxygen atoms in total. The standard InChI is InChI=1S/C17H24FNO2/c1-21-16-7-3-6-14(18)17(16)15(20)8-9-19-10-12-4-2-5-13(12)11-19/h3,6-7,12-13,15,20H,2,4-5,8-11H2,1H3. The highest BCUT2D eigenvalue weighted by Crippen LogP contribution is 2.38. The van der Waals surface area contributed by atoms with Crippen molar-refractivity contribution in [3.63, 3.8) is 0 Å². The summed E-state index contributed by atoms with van der Waals surface area (Å²) in [4.78, 5) is 2.42. The molecule has 0 aromatic heterocycles. The lowest BCUT2D eigenvalue weighted by atomic mass is 10.0. The number of methoxy groups -OCH3 is 1. The van der Waals surface area contributed by atoms with Gasteiger partial charge in [-0.25, -0.2) is 4.39 Å². The molecule has 0 radical (unpaired) electrons. The molecule has 2 aliphatic rings. The molecule has 1 aliphatic carbocycles. The van der Waals surface area contributed by atoms with Crippen LogP contribution in [0.25, 0.3) is 0 Å². The van der Waals surface area contributed by atoms with Crippen molar-refractivity contribution in [1.82, 2.24) is 4.90 Å². The minimum absolute atomic E-state index is 0.291. The lowest BCUT2D eigenvalue weighted by Crippen LogP contribution is -2.24. The molecule has 3 unspecified atom stereocenters. The van der Waals surface area contributed by atoms with E-state index in [1.807, 2.05) is 0 Å². The predicted octanol–water partition coefficient (Wildman–Crippen LogP) is 2.99. The molecule has 1 aromatic rings. The molecule has 116 valence electrons. The number of aliphatic hydroxyl groups excluding tert-OH is 1. The van der Waals surface area contributed by atoms with Crippen LogP contribution in [-0.2, 0) is 0 Å². The number of hydrogen-bond donors (Lipinski definition) is 1. The molecule has 1 aromatic carbocycles. The second-order valence-electron chi connectivity index (χ2n) is 6.37. The third-order valence-corrected chi connectivity index (χ3v) is 5.09. The highest BCUT2D eigenvalue weighted by atomic mass is 19.1. The predicted molar refractivity (Wildman–Crippen MR) is 79.8 cm³/mol. The fourth-order valence-corrected chi connectivity index (χ4v) is 3.98. The minimum Gasteiger partial charge on any atom is -0.496 e. The molecule has 3 rings (SSSR count). The number of benzene rings is 1. The maximum absolute atomic E-state index is 13.9. The number of fused-ring (bicyclic) bond motifs is 1. The van der Waals surface area contributed by atoms with Gasteiger partial charge in [-0.3, -0.25) is 0 Å². The van der Waals surface area contributed by atoms with Gasteiger partial charge in [-0.1, -0.05) is 12.5 Å². The SMILES string of the molecule is COc1cccc(F)c1C(O)CCN1CC2CCCC2C1. The number of rotatable bonds is 5. The van der Waals surface area contributed by atoms with Gasteiger partial charge in [0.15, 0.2) is 0 Å². The molecule has 1 heterocycles. The summed E-state index contributed by atoms with van der Waals surface area (Å²) in [7, 11) is 1.51. The molecular weight excluding hydrogens is 269 g/mol. The van der Waals surface area contributed by atoms with Crippen molar-refractivity contribution < 1.29 is 14.2 Å². The Labute approximate surface area is 125 Å². The van der Waals surface area contributed by atoms with E-state index < -0.39 is 6.10 Å². The summed E-state index contributed by atoms with van der Waals surface area (Å²) in [6.07, 6.45) is 3.83. The Morgan fingerprint density at radius 3 is 2.71 bits per heavy atom. The van der Waals surface area contributed by atoms with E-state index in [4.69, 9.17) is 4.74 Å². The number of nitrogens with zero attached hydrogens (tertiary/aromatic N) is 1. The molecule has 1 N–H and O–H groups in total. The van der Waals surface area contributed by atoms with E-state index in [2.05, 4.69) is 4.90 Å². The van der Waals surface area contributed by atoms with Crippen LogP contribution in [0.15, 0.2) is 18.2 Å². The van der Waals surface area contributed by atoms with E-state index in [9.17, 15) is 9.50 Å². The molecule has 0 bridgehead atoms. The van der Waals surface area contributed by atoms with Crippen LogP contribution in [0.4, 0.5) is 4.39 Å². The van der Waals surface area contributed by atoms with Gasteiger partial charge >= 0.3 is 0 Å². The Balaban J connectivity index is 1.58. The first-order valence-corrected chi connectivity index (χ1v) is 7.92. The Morgan fingerprint density at radius 1 is 1.33 bits per heavy atom. The average Bonchev–Trinajstić information content (AvgIpc) is 3.05. The van der Waals surface area contributed by atoms with Crippen molar-refractivity contribution >= 4 is 0 Å². The van der Waals surface area contributed by atoms with Crippen LogP contribution in [0.1, 0.15) is 37.4 Å². The van der Waals surface area contributed by atoms with Crippen LogP contribution in [0.5, 0.6) is 5.75 Å². The van der Waals surface area contributed by atoms with Crippen LogP contribution in [0, 0.1) is 17.7 Å². The monoisotopic (exact) mass is 293 g/mol. The highest BCUT2D eigenvalue weighted by molar-refractivity contribution is 5.36. The molecule has 21 heavy (non-hydrogen) atoms. The third kappa shape index (κ3) is 3.06. The quantitative estimate of drug-likeness (QED) is 0.906. The molecule has 1 saturated carbocycles. The first-order chi connectivity index (χ1) is 10.2. The maximum atomic E-state index is 13.9. The van der Waals surface area contributed by atoms with Gasteiger partial charge in [0, 0.05) is 19.6 Å². The minimum atomic E-state index is -0.804. The van der Waals surface area contributed by atoms with E-state index >= 15 is 0 Å². The van der Waals surface area contributed by atoms with Crippen LogP contribution in [0.2, 0.25) is 0 Å². The van der Waals surface area contributed by atoms with Crippen molar-refractivity contribution in [1.29, 1.82) is 0 Å². The number of likely N-dealkylation sites (tertiary alicyclic amines) is 1. The maximum Gasteiger partial charge on any atom is 0.132 e. The fourth-order valence-electron chi connectivity index (χ4n) is 3.98. The first-order valence-electron chi connectivity index (χ1n) is 7.92. The summed E-state index contributed by atoms with van der Waals surface area (Å²) >= 11 is 0. The Morgan fingerprint density at radius 2 is 2.05 bits per heavy atom. The number of ether oxygens (including phenoxy) is 1. The molecule has 1 saturated heterocycles. The van der Waals surface area contributed by atoms with Crippen LogP contribution in [0.3, 0.4) is 0 Å². The molecule has 4 heteroatoms. The molecule has 3 atom stereocenters. The Hall–Kier alpha value is -1.13. The van der Waals surface area contributed by atoms with Crippen molar-refractivity contribution in [3.05, 3.63) is 29.6 Å². The topological polar surface area (TPSA) is 32.7 Å². The van der Waals surface area contributed by atoms with Crippen molar-refractivity contribution in [2.45, 2.75) is 31.8 Å². The van der Waals surface area contributed by atoms with Gasteiger partial charge in [-0.15, -0.1) is 0 Å². The zero-order valence-electron chi connectivity index (χ0n) is 12.6. The summed E-state index contributed by atoms with van der Waals surface area (Å²) in [6, 6.07) is 4.68. The summed E-state index contributed by atoms with van der Waals surface area (Å²) in [6.45, 7) is 3.11. The Kier molecular flexibility index (Phi) is 4.45. The lowest BCUT2D eigenvalue weighted by Gasteiger charge is -2.20. The van der Waals surface area contributed by atoms with E-state index in [1.165, 1.54) is 32.4 Å². The van der Waals surface area contributed by atoms with Gasteiger partial charge in [-0.2, -0.15) is 0 Å². The molecule has 0 spiro atoms. The van der Waals surface area contributed by atoms with E-state index in [0.29, 0.717) is 17.7 Å². The van der Waals surface area contributed by atoms with E-state index in [-0.39, 0.29) is 5.82 Å². The summed E-state index contributed by atoms with van der Waals surface area (Å²) in [5, 5.41) is 10.3. The zero-order valence-corrected chi connectivity index (χ0v) is 12.6. The Bertz CT molecular complexity index is 482.